The molecule has 0 atom stereocenters. The van der Waals surface area contributed by atoms with Gasteiger partial charge >= 0.3 is 5.97 Å². The maximum absolute atomic E-state index is 12.0. The number of hydrogen-bond donors (Lipinski definition) is 1. The second kappa shape index (κ2) is 8.24. The zero-order chi connectivity index (χ0) is 17.7. The SMILES string of the molecule is COc1ccc(NC(=O)COC(=O)c2c(Cl)ccc(Cl)c2Cl)cc1. The van der Waals surface area contributed by atoms with Crippen LogP contribution in [0.25, 0.3) is 0 Å². The molecule has 2 rings (SSSR count). The number of carbonyl (C=O) groups is 2. The second-order valence-electron chi connectivity index (χ2n) is 4.57. The number of esters is 1. The van der Waals surface area contributed by atoms with Crippen molar-refractivity contribution in [3.8, 4) is 5.75 Å². The van der Waals surface area contributed by atoms with Gasteiger partial charge in [-0.2, -0.15) is 0 Å². The first-order chi connectivity index (χ1) is 11.4. The van der Waals surface area contributed by atoms with Gasteiger partial charge in [0.2, 0.25) is 0 Å². The maximum Gasteiger partial charge on any atom is 0.341 e. The lowest BCUT2D eigenvalue weighted by atomic mass is 10.2. The Kier molecular flexibility index (Phi) is 6.31. The summed E-state index contributed by atoms with van der Waals surface area (Å²) in [4.78, 5) is 23.9. The van der Waals surface area contributed by atoms with E-state index in [1.165, 1.54) is 12.1 Å². The predicted molar refractivity (Wildman–Crippen MR) is 93.4 cm³/mol. The molecule has 0 saturated heterocycles. The van der Waals surface area contributed by atoms with Crippen LogP contribution in [0.4, 0.5) is 5.69 Å². The van der Waals surface area contributed by atoms with E-state index in [-0.39, 0.29) is 20.6 Å². The van der Waals surface area contributed by atoms with E-state index < -0.39 is 18.5 Å². The van der Waals surface area contributed by atoms with Crippen LogP contribution in [-0.2, 0) is 9.53 Å². The number of rotatable bonds is 5. The van der Waals surface area contributed by atoms with E-state index in [1.807, 2.05) is 0 Å². The van der Waals surface area contributed by atoms with Crippen molar-refractivity contribution in [1.29, 1.82) is 0 Å². The van der Waals surface area contributed by atoms with E-state index in [9.17, 15) is 9.59 Å². The Hall–Kier alpha value is -1.95. The lowest BCUT2D eigenvalue weighted by molar-refractivity contribution is -0.119. The summed E-state index contributed by atoms with van der Waals surface area (Å²) in [6.07, 6.45) is 0. The van der Waals surface area contributed by atoms with Gasteiger partial charge < -0.3 is 14.8 Å². The fourth-order valence-electron chi connectivity index (χ4n) is 1.79. The number of benzene rings is 2. The third-order valence-corrected chi connectivity index (χ3v) is 4.08. The van der Waals surface area contributed by atoms with Gasteiger partial charge in [0, 0.05) is 5.69 Å². The Morgan fingerprint density at radius 2 is 1.62 bits per heavy atom. The van der Waals surface area contributed by atoms with Crippen LogP contribution in [0.1, 0.15) is 10.4 Å². The Labute approximate surface area is 153 Å². The van der Waals surface area contributed by atoms with Crippen molar-refractivity contribution in [3.63, 3.8) is 0 Å². The highest BCUT2D eigenvalue weighted by Gasteiger charge is 2.19. The van der Waals surface area contributed by atoms with Gasteiger partial charge in [-0.15, -0.1) is 0 Å². The first-order valence-corrected chi connectivity index (χ1v) is 7.80. The van der Waals surface area contributed by atoms with Crippen LogP contribution in [0.15, 0.2) is 36.4 Å². The van der Waals surface area contributed by atoms with Gasteiger partial charge in [0.25, 0.3) is 5.91 Å². The summed E-state index contributed by atoms with van der Waals surface area (Å²) < 4.78 is 9.94. The van der Waals surface area contributed by atoms with Crippen molar-refractivity contribution in [2.45, 2.75) is 0 Å². The molecular weight excluding hydrogens is 377 g/mol. The quantitative estimate of drug-likeness (QED) is 0.607. The lowest BCUT2D eigenvalue weighted by Crippen LogP contribution is -2.21. The van der Waals surface area contributed by atoms with Crippen LogP contribution in [-0.4, -0.2) is 25.6 Å². The topological polar surface area (TPSA) is 64.6 Å². The average Bonchev–Trinajstić information content (AvgIpc) is 2.57. The van der Waals surface area contributed by atoms with Crippen molar-refractivity contribution in [2.24, 2.45) is 0 Å². The number of methoxy groups -OCH3 is 1. The molecule has 2 aromatic rings. The standard InChI is InChI=1S/C16H12Cl3NO4/c1-23-10-4-2-9(3-5-10)20-13(21)8-24-16(22)14-11(17)6-7-12(18)15(14)19/h2-7H,8H2,1H3,(H,20,21). The van der Waals surface area contributed by atoms with Gasteiger partial charge in [0.05, 0.1) is 27.7 Å². The van der Waals surface area contributed by atoms with Crippen LogP contribution in [0.5, 0.6) is 5.75 Å². The average molecular weight is 389 g/mol. The van der Waals surface area contributed by atoms with Gasteiger partial charge in [-0.25, -0.2) is 4.79 Å². The third kappa shape index (κ3) is 4.54. The number of halogens is 3. The van der Waals surface area contributed by atoms with Crippen LogP contribution < -0.4 is 10.1 Å². The highest BCUT2D eigenvalue weighted by molar-refractivity contribution is 6.46. The molecule has 0 aliphatic rings. The zero-order valence-corrected chi connectivity index (χ0v) is 14.7. The summed E-state index contributed by atoms with van der Waals surface area (Å²) in [6.45, 7) is -0.496. The van der Waals surface area contributed by atoms with Gasteiger partial charge in [-0.05, 0) is 36.4 Å². The number of ether oxygens (including phenoxy) is 2. The van der Waals surface area contributed by atoms with Crippen molar-refractivity contribution >= 4 is 52.4 Å². The highest BCUT2D eigenvalue weighted by atomic mass is 35.5. The predicted octanol–water partition coefficient (Wildman–Crippen LogP) is 4.45. The van der Waals surface area contributed by atoms with E-state index in [2.05, 4.69) is 5.32 Å². The summed E-state index contributed by atoms with van der Waals surface area (Å²) in [7, 11) is 1.54. The zero-order valence-electron chi connectivity index (χ0n) is 12.4. The van der Waals surface area contributed by atoms with E-state index in [0.29, 0.717) is 11.4 Å². The Morgan fingerprint density at radius 3 is 2.25 bits per heavy atom. The molecule has 0 heterocycles. The first-order valence-electron chi connectivity index (χ1n) is 6.67. The molecule has 8 heteroatoms. The number of amides is 1. The molecule has 2 aromatic carbocycles. The number of hydrogen-bond acceptors (Lipinski definition) is 4. The second-order valence-corrected chi connectivity index (χ2v) is 5.76. The highest BCUT2D eigenvalue weighted by Crippen LogP contribution is 2.31. The van der Waals surface area contributed by atoms with Crippen molar-refractivity contribution < 1.29 is 19.1 Å². The minimum absolute atomic E-state index is 0.0234. The first kappa shape index (κ1) is 18.4. The molecule has 0 unspecified atom stereocenters. The van der Waals surface area contributed by atoms with Gasteiger partial charge in [-0.3, -0.25) is 4.79 Å². The van der Waals surface area contributed by atoms with Crippen molar-refractivity contribution in [3.05, 3.63) is 57.0 Å². The molecule has 0 saturated carbocycles. The van der Waals surface area contributed by atoms with Crippen LogP contribution >= 0.6 is 34.8 Å². The summed E-state index contributed by atoms with van der Waals surface area (Å²) in [5, 5.41) is 2.80. The molecule has 24 heavy (non-hydrogen) atoms. The molecule has 0 aliphatic heterocycles. The van der Waals surface area contributed by atoms with E-state index in [0.717, 1.165) is 0 Å². The summed E-state index contributed by atoms with van der Waals surface area (Å²) in [5.41, 5.74) is 0.457. The normalized spacial score (nSPS) is 10.2. The Bertz CT molecular complexity index is 763. The van der Waals surface area contributed by atoms with Crippen molar-refractivity contribution in [1.82, 2.24) is 0 Å². The fraction of sp³-hybridized carbons (Fsp3) is 0.125. The van der Waals surface area contributed by atoms with Gasteiger partial charge in [0.1, 0.15) is 5.75 Å². The minimum Gasteiger partial charge on any atom is -0.497 e. The maximum atomic E-state index is 12.0. The lowest BCUT2D eigenvalue weighted by Gasteiger charge is -2.09. The molecular formula is C16H12Cl3NO4. The van der Waals surface area contributed by atoms with E-state index in [4.69, 9.17) is 44.3 Å². The van der Waals surface area contributed by atoms with Gasteiger partial charge in [-0.1, -0.05) is 34.8 Å². The molecule has 0 aliphatic carbocycles. The van der Waals surface area contributed by atoms with Crippen LogP contribution in [0, 0.1) is 0 Å². The van der Waals surface area contributed by atoms with Gasteiger partial charge in [0.15, 0.2) is 6.61 Å². The van der Waals surface area contributed by atoms with E-state index in [1.54, 1.807) is 31.4 Å². The number of carbonyl (C=O) groups excluding carboxylic acids is 2. The molecule has 0 bridgehead atoms. The summed E-state index contributed by atoms with van der Waals surface area (Å²) in [5.74, 6) is -0.690. The molecule has 0 aromatic heterocycles. The molecule has 5 nitrogen and oxygen atoms in total. The Balaban J connectivity index is 1.96. The molecule has 0 fully saturated rings. The van der Waals surface area contributed by atoms with Crippen molar-refractivity contribution in [2.75, 3.05) is 19.0 Å². The smallest absolute Gasteiger partial charge is 0.341 e. The molecule has 1 N–H and O–H groups in total. The molecule has 0 radical (unpaired) electrons. The molecule has 0 spiro atoms. The largest absolute Gasteiger partial charge is 0.497 e. The third-order valence-electron chi connectivity index (χ3n) is 2.96. The number of nitrogens with one attached hydrogen (secondary N) is 1. The summed E-state index contributed by atoms with van der Waals surface area (Å²) >= 11 is 17.7. The fourth-order valence-corrected chi connectivity index (χ4v) is 2.47. The van der Waals surface area contributed by atoms with Crippen LogP contribution in [0.2, 0.25) is 15.1 Å². The Morgan fingerprint density at radius 1 is 1.00 bits per heavy atom. The summed E-state index contributed by atoms with van der Waals surface area (Å²) in [6, 6.07) is 9.57. The monoisotopic (exact) mass is 387 g/mol. The number of anilines is 1. The molecule has 1 amide bonds. The molecule has 126 valence electrons. The van der Waals surface area contributed by atoms with E-state index >= 15 is 0 Å². The van der Waals surface area contributed by atoms with Crippen LogP contribution in [0.3, 0.4) is 0 Å². The minimum atomic E-state index is -0.836.